The zero-order valence-electron chi connectivity index (χ0n) is 16.0. The Hall–Kier alpha value is -1.72. The lowest BCUT2D eigenvalue weighted by molar-refractivity contribution is -0.116. The highest BCUT2D eigenvalue weighted by Gasteiger charge is 2.17. The number of benzene rings is 1. The van der Waals surface area contributed by atoms with Crippen molar-refractivity contribution in [2.75, 3.05) is 32.8 Å². The lowest BCUT2D eigenvalue weighted by Gasteiger charge is -2.33. The molecule has 0 saturated carbocycles. The SMILES string of the molecule is C[C@H]1CCCCN1CCCNC(=O)/C=C/c1cc(Cl)c2c(c1)OCCCO2. The monoisotopic (exact) mass is 392 g/mol. The van der Waals surface area contributed by atoms with Gasteiger partial charge in [0.25, 0.3) is 0 Å². The van der Waals surface area contributed by atoms with Gasteiger partial charge in [-0.25, -0.2) is 0 Å². The number of ether oxygens (including phenoxy) is 2. The number of carbonyl (C=O) groups excluding carboxylic acids is 1. The zero-order valence-corrected chi connectivity index (χ0v) is 16.8. The van der Waals surface area contributed by atoms with Gasteiger partial charge in [0.2, 0.25) is 5.91 Å². The topological polar surface area (TPSA) is 50.8 Å². The van der Waals surface area contributed by atoms with E-state index in [2.05, 4.69) is 17.1 Å². The van der Waals surface area contributed by atoms with Crippen LogP contribution in [0.1, 0.15) is 44.6 Å². The van der Waals surface area contributed by atoms with Crippen LogP contribution in [0.15, 0.2) is 18.2 Å². The fraction of sp³-hybridized carbons (Fsp3) is 0.571. The minimum atomic E-state index is -0.0927. The predicted molar refractivity (Wildman–Crippen MR) is 109 cm³/mol. The van der Waals surface area contributed by atoms with Crippen molar-refractivity contribution in [2.24, 2.45) is 0 Å². The molecule has 0 unspecified atom stereocenters. The maximum Gasteiger partial charge on any atom is 0.243 e. The summed E-state index contributed by atoms with van der Waals surface area (Å²) in [5, 5.41) is 3.46. The molecule has 0 aliphatic carbocycles. The van der Waals surface area contributed by atoms with Crippen LogP contribution in [-0.2, 0) is 4.79 Å². The Labute approximate surface area is 166 Å². The second kappa shape index (κ2) is 10.00. The number of nitrogens with one attached hydrogen (secondary N) is 1. The molecular weight excluding hydrogens is 364 g/mol. The predicted octanol–water partition coefficient (Wildman–Crippen LogP) is 3.90. The molecule has 2 aliphatic heterocycles. The van der Waals surface area contributed by atoms with Gasteiger partial charge in [0.15, 0.2) is 11.5 Å². The number of halogens is 1. The van der Waals surface area contributed by atoms with Gasteiger partial charge in [-0.1, -0.05) is 18.0 Å². The van der Waals surface area contributed by atoms with Gasteiger partial charge in [-0.05, 0) is 56.5 Å². The van der Waals surface area contributed by atoms with Crippen LogP contribution in [-0.4, -0.2) is 49.7 Å². The second-order valence-electron chi connectivity index (χ2n) is 7.24. The molecule has 1 N–H and O–H groups in total. The third-order valence-electron chi connectivity index (χ3n) is 5.11. The van der Waals surface area contributed by atoms with Gasteiger partial charge in [-0.2, -0.15) is 0 Å². The van der Waals surface area contributed by atoms with Crippen molar-refractivity contribution in [2.45, 2.75) is 45.1 Å². The molecule has 5 nitrogen and oxygen atoms in total. The molecule has 1 atom stereocenters. The quantitative estimate of drug-likeness (QED) is 0.589. The summed E-state index contributed by atoms with van der Waals surface area (Å²) < 4.78 is 11.3. The van der Waals surface area contributed by atoms with E-state index in [9.17, 15) is 4.79 Å². The van der Waals surface area contributed by atoms with Gasteiger partial charge >= 0.3 is 0 Å². The van der Waals surface area contributed by atoms with Gasteiger partial charge in [-0.3, -0.25) is 4.79 Å². The first-order valence-corrected chi connectivity index (χ1v) is 10.3. The third-order valence-corrected chi connectivity index (χ3v) is 5.39. The van der Waals surface area contributed by atoms with Crippen molar-refractivity contribution in [1.29, 1.82) is 0 Å². The van der Waals surface area contributed by atoms with Gasteiger partial charge in [0.1, 0.15) is 0 Å². The van der Waals surface area contributed by atoms with Crippen LogP contribution in [0.3, 0.4) is 0 Å². The van der Waals surface area contributed by atoms with E-state index < -0.39 is 0 Å². The van der Waals surface area contributed by atoms with E-state index in [0.717, 1.165) is 24.9 Å². The molecule has 0 bridgehead atoms. The minimum absolute atomic E-state index is 0.0927. The van der Waals surface area contributed by atoms with Crippen molar-refractivity contribution in [3.63, 3.8) is 0 Å². The van der Waals surface area contributed by atoms with Crippen molar-refractivity contribution < 1.29 is 14.3 Å². The van der Waals surface area contributed by atoms with Crippen molar-refractivity contribution in [3.05, 3.63) is 28.8 Å². The van der Waals surface area contributed by atoms with Crippen molar-refractivity contribution >= 4 is 23.6 Å². The summed E-state index contributed by atoms with van der Waals surface area (Å²) >= 11 is 6.28. The summed E-state index contributed by atoms with van der Waals surface area (Å²) in [5.74, 6) is 1.13. The highest BCUT2D eigenvalue weighted by Crippen LogP contribution is 2.38. The Morgan fingerprint density at radius 3 is 3.00 bits per heavy atom. The average Bonchev–Trinajstić information content (AvgIpc) is 2.91. The first-order valence-electron chi connectivity index (χ1n) is 9.92. The normalized spacial score (nSPS) is 20.4. The highest BCUT2D eigenvalue weighted by atomic mass is 35.5. The molecule has 3 rings (SSSR count). The Kier molecular flexibility index (Phi) is 7.41. The lowest BCUT2D eigenvalue weighted by Crippen LogP contribution is -2.39. The van der Waals surface area contributed by atoms with Gasteiger partial charge in [0.05, 0.1) is 18.2 Å². The summed E-state index contributed by atoms with van der Waals surface area (Å²) in [6, 6.07) is 4.31. The lowest BCUT2D eigenvalue weighted by atomic mass is 10.0. The molecule has 6 heteroatoms. The summed E-state index contributed by atoms with van der Waals surface area (Å²) in [7, 11) is 0. The smallest absolute Gasteiger partial charge is 0.243 e. The van der Waals surface area contributed by atoms with E-state index in [-0.39, 0.29) is 5.91 Å². The van der Waals surface area contributed by atoms with E-state index in [1.54, 1.807) is 18.2 Å². The maximum absolute atomic E-state index is 12.1. The van der Waals surface area contributed by atoms with Crippen LogP contribution < -0.4 is 14.8 Å². The Morgan fingerprint density at radius 2 is 2.15 bits per heavy atom. The van der Waals surface area contributed by atoms with Crippen LogP contribution in [0.2, 0.25) is 5.02 Å². The third kappa shape index (κ3) is 5.88. The maximum atomic E-state index is 12.1. The Balaban J connectivity index is 1.45. The van der Waals surface area contributed by atoms with E-state index >= 15 is 0 Å². The Morgan fingerprint density at radius 1 is 1.30 bits per heavy atom. The number of nitrogens with zero attached hydrogens (tertiary/aromatic N) is 1. The van der Waals surface area contributed by atoms with Gasteiger partial charge in [0, 0.05) is 31.6 Å². The molecule has 2 aliphatic rings. The van der Waals surface area contributed by atoms with E-state index in [0.29, 0.717) is 42.3 Å². The van der Waals surface area contributed by atoms with Crippen LogP contribution in [0.5, 0.6) is 11.5 Å². The molecule has 1 saturated heterocycles. The molecule has 1 aromatic carbocycles. The van der Waals surface area contributed by atoms with E-state index in [4.69, 9.17) is 21.1 Å². The van der Waals surface area contributed by atoms with Crippen molar-refractivity contribution in [1.82, 2.24) is 10.2 Å². The summed E-state index contributed by atoms with van der Waals surface area (Å²) in [6.07, 6.45) is 9.00. The van der Waals surface area contributed by atoms with Gasteiger partial charge in [-0.15, -0.1) is 0 Å². The molecule has 0 spiro atoms. The Bertz CT molecular complexity index is 678. The summed E-state index contributed by atoms with van der Waals surface area (Å²) in [4.78, 5) is 14.6. The number of carbonyl (C=O) groups is 1. The largest absolute Gasteiger partial charge is 0.489 e. The molecular formula is C21H29ClN2O3. The number of amides is 1. The molecule has 1 aromatic rings. The number of hydrogen-bond donors (Lipinski definition) is 1. The molecule has 2 heterocycles. The number of rotatable bonds is 6. The standard InChI is InChI=1S/C21H29ClN2O3/c1-16-6-2-3-10-24(16)11-4-9-23-20(25)8-7-17-14-18(22)21-19(15-17)26-12-5-13-27-21/h7-8,14-16H,2-6,9-13H2,1H3,(H,23,25)/b8-7+/t16-/m0/s1. The van der Waals surface area contributed by atoms with Crippen LogP contribution in [0, 0.1) is 0 Å². The highest BCUT2D eigenvalue weighted by molar-refractivity contribution is 6.32. The number of likely N-dealkylation sites (tertiary alicyclic amines) is 1. The fourth-order valence-electron chi connectivity index (χ4n) is 3.56. The summed E-state index contributed by atoms with van der Waals surface area (Å²) in [6.45, 7) is 6.41. The molecule has 27 heavy (non-hydrogen) atoms. The second-order valence-corrected chi connectivity index (χ2v) is 7.65. The van der Waals surface area contributed by atoms with Crippen LogP contribution in [0.4, 0.5) is 0 Å². The minimum Gasteiger partial charge on any atom is -0.489 e. The van der Waals surface area contributed by atoms with Gasteiger partial charge < -0.3 is 19.7 Å². The molecule has 1 fully saturated rings. The number of fused-ring (bicyclic) bond motifs is 1. The molecule has 0 radical (unpaired) electrons. The number of piperidine rings is 1. The number of hydrogen-bond acceptors (Lipinski definition) is 4. The van der Waals surface area contributed by atoms with E-state index in [1.165, 1.54) is 25.8 Å². The first kappa shape index (κ1) is 20.0. The molecule has 148 valence electrons. The van der Waals surface area contributed by atoms with Crippen molar-refractivity contribution in [3.8, 4) is 11.5 Å². The molecule has 0 aromatic heterocycles. The fourth-order valence-corrected chi connectivity index (χ4v) is 3.83. The molecule has 1 amide bonds. The average molecular weight is 393 g/mol. The van der Waals surface area contributed by atoms with E-state index in [1.807, 2.05) is 6.07 Å². The van der Waals surface area contributed by atoms with Crippen LogP contribution in [0.25, 0.3) is 6.08 Å². The summed E-state index contributed by atoms with van der Waals surface area (Å²) in [5.41, 5.74) is 0.821. The van der Waals surface area contributed by atoms with Crippen LogP contribution >= 0.6 is 11.6 Å². The zero-order chi connectivity index (χ0) is 19.1. The first-order chi connectivity index (χ1) is 13.1.